The number of fused-ring (bicyclic) bond motifs is 1. The first-order valence-electron chi connectivity index (χ1n) is 8.27. The van der Waals surface area contributed by atoms with Crippen molar-refractivity contribution in [2.45, 2.75) is 39.2 Å². The summed E-state index contributed by atoms with van der Waals surface area (Å²) in [5, 5.41) is 9.19. The van der Waals surface area contributed by atoms with Crippen molar-refractivity contribution in [1.29, 1.82) is 0 Å². The predicted molar refractivity (Wildman–Crippen MR) is 88.2 cm³/mol. The van der Waals surface area contributed by atoms with Crippen LogP contribution in [0.5, 0.6) is 0 Å². The Morgan fingerprint density at radius 1 is 1.48 bits per heavy atom. The van der Waals surface area contributed by atoms with Crippen molar-refractivity contribution in [1.82, 2.24) is 19.9 Å². The van der Waals surface area contributed by atoms with Crippen LogP contribution in [-0.4, -0.2) is 50.1 Å². The van der Waals surface area contributed by atoms with E-state index in [1.807, 2.05) is 6.07 Å². The molecule has 2 aromatic rings. The van der Waals surface area contributed by atoms with E-state index in [9.17, 15) is 9.90 Å². The van der Waals surface area contributed by atoms with Gasteiger partial charge in [-0.15, -0.1) is 0 Å². The molecule has 0 aliphatic carbocycles. The molecule has 2 aromatic heterocycles. The lowest BCUT2D eigenvalue weighted by Crippen LogP contribution is -2.45. The number of carboxylic acids is 1. The molecule has 23 heavy (non-hydrogen) atoms. The van der Waals surface area contributed by atoms with Gasteiger partial charge >= 0.3 is 5.97 Å². The molecule has 3 heterocycles. The zero-order chi connectivity index (χ0) is 16.4. The van der Waals surface area contributed by atoms with Gasteiger partial charge in [-0.3, -0.25) is 9.78 Å². The number of aromatic nitrogens is 3. The first-order valence-corrected chi connectivity index (χ1v) is 8.27. The molecule has 6 nitrogen and oxygen atoms in total. The number of aliphatic carboxylic acids is 1. The second-order valence-corrected chi connectivity index (χ2v) is 6.78. The summed E-state index contributed by atoms with van der Waals surface area (Å²) in [6, 6.07) is 2.38. The van der Waals surface area contributed by atoms with Crippen LogP contribution in [-0.2, 0) is 11.2 Å². The van der Waals surface area contributed by atoms with Gasteiger partial charge in [0.15, 0.2) is 0 Å². The molecule has 2 N–H and O–H groups in total. The molecular weight excluding hydrogens is 292 g/mol. The van der Waals surface area contributed by atoms with Crippen LogP contribution in [0.25, 0.3) is 11.0 Å². The second-order valence-electron chi connectivity index (χ2n) is 6.78. The van der Waals surface area contributed by atoms with Gasteiger partial charge in [-0.2, -0.15) is 0 Å². The van der Waals surface area contributed by atoms with E-state index in [2.05, 4.69) is 33.7 Å². The molecule has 0 aromatic carbocycles. The quantitative estimate of drug-likeness (QED) is 0.884. The highest BCUT2D eigenvalue weighted by molar-refractivity contribution is 5.73. The zero-order valence-corrected chi connectivity index (χ0v) is 13.7. The maximum absolute atomic E-state index is 11.2. The molecule has 0 radical (unpaired) electrons. The second kappa shape index (κ2) is 6.66. The fourth-order valence-electron chi connectivity index (χ4n) is 3.56. The monoisotopic (exact) mass is 316 g/mol. The van der Waals surface area contributed by atoms with Crippen molar-refractivity contribution >= 4 is 17.0 Å². The summed E-state index contributed by atoms with van der Waals surface area (Å²) in [4.78, 5) is 25.7. The van der Waals surface area contributed by atoms with Gasteiger partial charge in [-0.25, -0.2) is 4.98 Å². The number of carbonyl (C=O) groups is 1. The van der Waals surface area contributed by atoms with Crippen LogP contribution in [0.1, 0.15) is 32.5 Å². The summed E-state index contributed by atoms with van der Waals surface area (Å²) in [6.07, 6.45) is 5.49. The standard InChI is InChI=1S/C17H24N4O2/c1-11(2)21-6-4-12(8-17(22)23)13(10-21)7-16-19-14-3-5-18-9-15(14)20-16/h3,5,9,11-13H,4,6-8,10H2,1-2H3,(H,19,20)(H,22,23)/t12-,13-/m0/s1. The lowest BCUT2D eigenvalue weighted by molar-refractivity contribution is -0.139. The molecule has 1 aliphatic rings. The molecule has 6 heteroatoms. The minimum atomic E-state index is -0.702. The Morgan fingerprint density at radius 2 is 2.30 bits per heavy atom. The number of nitrogens with zero attached hydrogens (tertiary/aromatic N) is 3. The fraction of sp³-hybridized carbons (Fsp3) is 0.588. The van der Waals surface area contributed by atoms with Gasteiger partial charge in [0.05, 0.1) is 17.2 Å². The number of likely N-dealkylation sites (tertiary alicyclic amines) is 1. The average Bonchev–Trinajstić information content (AvgIpc) is 2.90. The van der Waals surface area contributed by atoms with E-state index in [-0.39, 0.29) is 12.3 Å². The highest BCUT2D eigenvalue weighted by Crippen LogP contribution is 2.30. The number of pyridine rings is 1. The van der Waals surface area contributed by atoms with Crippen LogP contribution in [0, 0.1) is 11.8 Å². The van der Waals surface area contributed by atoms with Crippen LogP contribution in [0.15, 0.2) is 18.5 Å². The van der Waals surface area contributed by atoms with Gasteiger partial charge in [-0.05, 0) is 44.7 Å². The van der Waals surface area contributed by atoms with E-state index in [4.69, 9.17) is 0 Å². The summed E-state index contributed by atoms with van der Waals surface area (Å²) in [5.41, 5.74) is 1.86. The van der Waals surface area contributed by atoms with Gasteiger partial charge in [0.1, 0.15) is 5.82 Å². The van der Waals surface area contributed by atoms with Gasteiger partial charge in [0.2, 0.25) is 0 Å². The van der Waals surface area contributed by atoms with Crippen molar-refractivity contribution in [3.05, 3.63) is 24.3 Å². The number of carboxylic acid groups (broad SMARTS) is 1. The third-order valence-corrected chi connectivity index (χ3v) is 4.88. The average molecular weight is 316 g/mol. The van der Waals surface area contributed by atoms with Crippen molar-refractivity contribution in [3.63, 3.8) is 0 Å². The van der Waals surface area contributed by atoms with E-state index in [0.29, 0.717) is 12.0 Å². The van der Waals surface area contributed by atoms with Crippen LogP contribution in [0.3, 0.4) is 0 Å². The molecule has 0 spiro atoms. The number of hydrogen-bond acceptors (Lipinski definition) is 4. The van der Waals surface area contributed by atoms with Gasteiger partial charge in [0, 0.05) is 31.6 Å². The summed E-state index contributed by atoms with van der Waals surface area (Å²) < 4.78 is 0. The van der Waals surface area contributed by atoms with Crippen molar-refractivity contribution < 1.29 is 9.90 Å². The molecule has 0 unspecified atom stereocenters. The SMILES string of the molecule is CC(C)N1CC[C@@H](CC(=O)O)[C@@H](Cc2nc3ccncc3[nH]2)C1. The van der Waals surface area contributed by atoms with Crippen molar-refractivity contribution in [3.8, 4) is 0 Å². The largest absolute Gasteiger partial charge is 0.481 e. The molecule has 124 valence electrons. The number of H-pyrrole nitrogens is 1. The fourth-order valence-corrected chi connectivity index (χ4v) is 3.56. The van der Waals surface area contributed by atoms with Crippen molar-refractivity contribution in [2.75, 3.05) is 13.1 Å². The van der Waals surface area contributed by atoms with E-state index in [1.54, 1.807) is 12.4 Å². The predicted octanol–water partition coefficient (Wildman–Crippen LogP) is 2.32. The Kier molecular flexibility index (Phi) is 4.61. The smallest absolute Gasteiger partial charge is 0.303 e. The summed E-state index contributed by atoms with van der Waals surface area (Å²) in [7, 11) is 0. The summed E-state index contributed by atoms with van der Waals surface area (Å²) in [6.45, 7) is 6.31. The normalized spacial score (nSPS) is 22.7. The Hall–Kier alpha value is -1.95. The third-order valence-electron chi connectivity index (χ3n) is 4.88. The molecule has 0 amide bonds. The topological polar surface area (TPSA) is 82.1 Å². The summed E-state index contributed by atoms with van der Waals surface area (Å²) >= 11 is 0. The van der Waals surface area contributed by atoms with Gasteiger partial charge in [-0.1, -0.05) is 0 Å². The summed E-state index contributed by atoms with van der Waals surface area (Å²) in [5.74, 6) is 0.760. The zero-order valence-electron chi connectivity index (χ0n) is 13.7. The Morgan fingerprint density at radius 3 is 3.00 bits per heavy atom. The van der Waals surface area contributed by atoms with Crippen LogP contribution in [0.2, 0.25) is 0 Å². The molecule has 3 rings (SSSR count). The molecule has 0 saturated carbocycles. The highest BCUT2D eigenvalue weighted by atomic mass is 16.4. The van der Waals surface area contributed by atoms with E-state index >= 15 is 0 Å². The van der Waals surface area contributed by atoms with E-state index in [0.717, 1.165) is 42.8 Å². The lowest BCUT2D eigenvalue weighted by atomic mass is 9.80. The Balaban J connectivity index is 1.78. The highest BCUT2D eigenvalue weighted by Gasteiger charge is 2.32. The molecular formula is C17H24N4O2. The Bertz CT molecular complexity index is 649. The molecule has 1 fully saturated rings. The third kappa shape index (κ3) is 3.69. The van der Waals surface area contributed by atoms with Crippen LogP contribution >= 0.6 is 0 Å². The van der Waals surface area contributed by atoms with Crippen LogP contribution in [0.4, 0.5) is 0 Å². The molecule has 2 atom stereocenters. The molecule has 1 saturated heterocycles. The number of piperidine rings is 1. The number of rotatable bonds is 5. The minimum absolute atomic E-state index is 0.217. The first kappa shape index (κ1) is 15.9. The number of aromatic amines is 1. The van der Waals surface area contributed by atoms with Crippen LogP contribution < -0.4 is 0 Å². The van der Waals surface area contributed by atoms with Gasteiger partial charge < -0.3 is 15.0 Å². The molecule has 0 bridgehead atoms. The first-order chi connectivity index (χ1) is 11.0. The van der Waals surface area contributed by atoms with Crippen molar-refractivity contribution in [2.24, 2.45) is 11.8 Å². The maximum atomic E-state index is 11.2. The Labute approximate surface area is 135 Å². The lowest BCUT2D eigenvalue weighted by Gasteiger charge is -2.40. The van der Waals surface area contributed by atoms with E-state index < -0.39 is 5.97 Å². The number of imidazole rings is 1. The number of nitrogens with one attached hydrogen (secondary N) is 1. The molecule has 1 aliphatic heterocycles. The minimum Gasteiger partial charge on any atom is -0.481 e. The van der Waals surface area contributed by atoms with Gasteiger partial charge in [0.25, 0.3) is 0 Å². The van der Waals surface area contributed by atoms with E-state index in [1.165, 1.54) is 0 Å². The maximum Gasteiger partial charge on any atom is 0.303 e. The number of hydrogen-bond donors (Lipinski definition) is 2.